The zero-order valence-corrected chi connectivity index (χ0v) is 12.8. The predicted molar refractivity (Wildman–Crippen MR) is 81.4 cm³/mol. The van der Waals surface area contributed by atoms with E-state index in [1.807, 2.05) is 13.0 Å². The largest absolute Gasteiger partial charge is 0.494 e. The van der Waals surface area contributed by atoms with Gasteiger partial charge in [-0.05, 0) is 25.0 Å². The van der Waals surface area contributed by atoms with Crippen LogP contribution in [0.5, 0.6) is 5.75 Å². The Balaban J connectivity index is 1.88. The average molecular weight is 312 g/mol. The van der Waals surface area contributed by atoms with Crippen molar-refractivity contribution < 1.29 is 17.9 Å². The molecule has 1 saturated heterocycles. The Kier molecular flexibility index (Phi) is 5.06. The van der Waals surface area contributed by atoms with Crippen molar-refractivity contribution in [1.82, 2.24) is 5.32 Å². The Bertz CT molecular complexity index is 601. The van der Waals surface area contributed by atoms with Gasteiger partial charge in [-0.15, -0.1) is 0 Å². The zero-order chi connectivity index (χ0) is 15.3. The fourth-order valence-electron chi connectivity index (χ4n) is 2.14. The van der Waals surface area contributed by atoms with Gasteiger partial charge in [0.15, 0.2) is 9.84 Å². The van der Waals surface area contributed by atoms with Crippen LogP contribution in [0.4, 0.5) is 10.5 Å². The quantitative estimate of drug-likeness (QED) is 0.868. The van der Waals surface area contributed by atoms with Crippen molar-refractivity contribution in [2.45, 2.75) is 25.8 Å². The predicted octanol–water partition coefficient (Wildman–Crippen LogP) is 1.78. The number of amides is 2. The van der Waals surface area contributed by atoms with Crippen LogP contribution in [-0.2, 0) is 9.84 Å². The topological polar surface area (TPSA) is 84.5 Å². The highest BCUT2D eigenvalue weighted by Gasteiger charge is 2.28. The number of carbonyl (C=O) groups excluding carboxylic acids is 1. The summed E-state index contributed by atoms with van der Waals surface area (Å²) in [7, 11) is -2.99. The molecule has 1 heterocycles. The molecule has 1 aromatic carbocycles. The van der Waals surface area contributed by atoms with E-state index in [0.29, 0.717) is 24.5 Å². The fraction of sp³-hybridized carbons (Fsp3) is 0.500. The highest BCUT2D eigenvalue weighted by atomic mass is 32.2. The number of ether oxygens (including phenoxy) is 1. The van der Waals surface area contributed by atoms with Crippen molar-refractivity contribution >= 4 is 21.6 Å². The van der Waals surface area contributed by atoms with E-state index in [2.05, 4.69) is 10.6 Å². The van der Waals surface area contributed by atoms with Crippen LogP contribution in [0.15, 0.2) is 24.3 Å². The lowest BCUT2D eigenvalue weighted by atomic mass is 10.2. The lowest BCUT2D eigenvalue weighted by Crippen LogP contribution is -2.38. The third-order valence-corrected chi connectivity index (χ3v) is 4.90. The number of rotatable bonds is 5. The summed E-state index contributed by atoms with van der Waals surface area (Å²) in [6.45, 7) is 2.64. The van der Waals surface area contributed by atoms with Gasteiger partial charge in [0, 0.05) is 17.8 Å². The molecule has 116 valence electrons. The summed E-state index contributed by atoms with van der Waals surface area (Å²) < 4.78 is 28.2. The van der Waals surface area contributed by atoms with E-state index in [1.54, 1.807) is 18.2 Å². The molecule has 1 aromatic rings. The van der Waals surface area contributed by atoms with Gasteiger partial charge in [-0.25, -0.2) is 13.2 Å². The molecule has 2 N–H and O–H groups in total. The average Bonchev–Trinajstić information content (AvgIpc) is 2.75. The van der Waals surface area contributed by atoms with Crippen LogP contribution in [0.3, 0.4) is 0 Å². The van der Waals surface area contributed by atoms with Gasteiger partial charge in [0.1, 0.15) is 5.75 Å². The van der Waals surface area contributed by atoms with E-state index in [-0.39, 0.29) is 17.5 Å². The van der Waals surface area contributed by atoms with Gasteiger partial charge in [-0.2, -0.15) is 0 Å². The third-order valence-electron chi connectivity index (χ3n) is 3.13. The molecule has 6 nitrogen and oxygen atoms in total. The molecule has 2 rings (SSSR count). The number of urea groups is 1. The van der Waals surface area contributed by atoms with Gasteiger partial charge in [-0.3, -0.25) is 0 Å². The number of sulfone groups is 1. The Hall–Kier alpha value is -1.76. The number of hydrogen-bond donors (Lipinski definition) is 2. The molecule has 0 aromatic heterocycles. The van der Waals surface area contributed by atoms with Crippen molar-refractivity contribution in [3.05, 3.63) is 24.3 Å². The van der Waals surface area contributed by atoms with Crippen molar-refractivity contribution in [3.8, 4) is 5.75 Å². The highest BCUT2D eigenvalue weighted by molar-refractivity contribution is 7.91. The molecule has 2 amide bonds. The summed E-state index contributed by atoms with van der Waals surface area (Å²) in [5, 5.41) is 5.36. The highest BCUT2D eigenvalue weighted by Crippen LogP contribution is 2.18. The molecule has 1 aliphatic heterocycles. The van der Waals surface area contributed by atoms with Crippen molar-refractivity contribution in [3.63, 3.8) is 0 Å². The second kappa shape index (κ2) is 6.80. The minimum atomic E-state index is -2.99. The number of hydrogen-bond acceptors (Lipinski definition) is 4. The second-order valence-corrected chi connectivity index (χ2v) is 7.30. The molecule has 1 aliphatic rings. The summed E-state index contributed by atoms with van der Waals surface area (Å²) in [4.78, 5) is 11.8. The van der Waals surface area contributed by atoms with Crippen LogP contribution in [0.2, 0.25) is 0 Å². The first-order valence-electron chi connectivity index (χ1n) is 6.99. The SMILES string of the molecule is CCCOc1cccc(NC(=O)NC2CCS(=O)(=O)C2)c1. The smallest absolute Gasteiger partial charge is 0.319 e. The van der Waals surface area contributed by atoms with Gasteiger partial charge in [0.25, 0.3) is 0 Å². The zero-order valence-electron chi connectivity index (χ0n) is 12.0. The molecule has 7 heteroatoms. The molecular weight excluding hydrogens is 292 g/mol. The van der Waals surface area contributed by atoms with Gasteiger partial charge in [-0.1, -0.05) is 13.0 Å². The van der Waals surface area contributed by atoms with E-state index in [9.17, 15) is 13.2 Å². The molecule has 0 radical (unpaired) electrons. The molecule has 0 aliphatic carbocycles. The van der Waals surface area contributed by atoms with Crippen molar-refractivity contribution in [2.24, 2.45) is 0 Å². The molecule has 1 unspecified atom stereocenters. The Labute approximate surface area is 124 Å². The minimum Gasteiger partial charge on any atom is -0.494 e. The first-order valence-corrected chi connectivity index (χ1v) is 8.81. The number of carbonyl (C=O) groups is 1. The number of benzene rings is 1. The third kappa shape index (κ3) is 4.93. The Morgan fingerprint density at radius 3 is 2.90 bits per heavy atom. The monoisotopic (exact) mass is 312 g/mol. The van der Waals surface area contributed by atoms with Gasteiger partial charge >= 0.3 is 6.03 Å². The number of nitrogens with one attached hydrogen (secondary N) is 2. The first-order chi connectivity index (χ1) is 9.98. The molecule has 1 fully saturated rings. The van der Waals surface area contributed by atoms with Crippen molar-refractivity contribution in [1.29, 1.82) is 0 Å². The van der Waals surface area contributed by atoms with E-state index in [1.165, 1.54) is 0 Å². The maximum Gasteiger partial charge on any atom is 0.319 e. The lowest BCUT2D eigenvalue weighted by molar-refractivity contribution is 0.249. The summed E-state index contributed by atoms with van der Waals surface area (Å²) in [5.41, 5.74) is 0.613. The van der Waals surface area contributed by atoms with Crippen LogP contribution < -0.4 is 15.4 Å². The van der Waals surface area contributed by atoms with Crippen LogP contribution in [-0.4, -0.2) is 38.6 Å². The second-order valence-electron chi connectivity index (χ2n) is 5.07. The normalized spacial score (nSPS) is 20.0. The van der Waals surface area contributed by atoms with Gasteiger partial charge in [0.05, 0.1) is 18.1 Å². The van der Waals surface area contributed by atoms with Crippen LogP contribution in [0.1, 0.15) is 19.8 Å². The molecule has 0 bridgehead atoms. The standard InChI is InChI=1S/C14H20N2O4S/c1-2-7-20-13-5-3-4-11(9-13)15-14(17)16-12-6-8-21(18,19)10-12/h3-5,9,12H,2,6-8,10H2,1H3,(H2,15,16,17). The minimum absolute atomic E-state index is 0.0140. The molecule has 0 saturated carbocycles. The summed E-state index contributed by atoms with van der Waals surface area (Å²) in [6.07, 6.45) is 1.38. The van der Waals surface area contributed by atoms with Gasteiger partial charge in [0.2, 0.25) is 0 Å². The van der Waals surface area contributed by atoms with Crippen LogP contribution in [0.25, 0.3) is 0 Å². The maximum absolute atomic E-state index is 11.8. The molecular formula is C14H20N2O4S. The molecule has 1 atom stereocenters. The Morgan fingerprint density at radius 2 is 2.24 bits per heavy atom. The first kappa shape index (κ1) is 15.6. The lowest BCUT2D eigenvalue weighted by Gasteiger charge is -2.13. The van der Waals surface area contributed by atoms with E-state index < -0.39 is 15.9 Å². The fourth-order valence-corrected chi connectivity index (χ4v) is 3.82. The van der Waals surface area contributed by atoms with Crippen LogP contribution in [0, 0.1) is 0 Å². The Morgan fingerprint density at radius 1 is 1.43 bits per heavy atom. The molecule has 0 spiro atoms. The van der Waals surface area contributed by atoms with Crippen molar-refractivity contribution in [2.75, 3.05) is 23.4 Å². The molecule has 21 heavy (non-hydrogen) atoms. The van der Waals surface area contributed by atoms with E-state index >= 15 is 0 Å². The van der Waals surface area contributed by atoms with E-state index in [0.717, 1.165) is 6.42 Å². The number of anilines is 1. The van der Waals surface area contributed by atoms with E-state index in [4.69, 9.17) is 4.74 Å². The van der Waals surface area contributed by atoms with Crippen LogP contribution >= 0.6 is 0 Å². The maximum atomic E-state index is 11.8. The van der Waals surface area contributed by atoms with Gasteiger partial charge < -0.3 is 15.4 Å². The summed E-state index contributed by atoms with van der Waals surface area (Å²) >= 11 is 0. The summed E-state index contributed by atoms with van der Waals surface area (Å²) in [5.74, 6) is 0.844. The summed E-state index contributed by atoms with van der Waals surface area (Å²) in [6, 6.07) is 6.40.